The lowest BCUT2D eigenvalue weighted by Gasteiger charge is -2.09. The molecule has 0 bridgehead atoms. The van der Waals surface area contributed by atoms with Crippen molar-refractivity contribution >= 4 is 55.8 Å². The summed E-state index contributed by atoms with van der Waals surface area (Å²) >= 11 is 9.24. The minimum atomic E-state index is -0.611. The number of aromatic amines is 2. The summed E-state index contributed by atoms with van der Waals surface area (Å²) in [7, 11) is 0. The van der Waals surface area contributed by atoms with Crippen LogP contribution in [0.25, 0.3) is 11.0 Å². The van der Waals surface area contributed by atoms with Crippen LogP contribution >= 0.6 is 27.5 Å². The molecule has 0 atom stereocenters. The number of H-pyrrole nitrogens is 2. The van der Waals surface area contributed by atoms with E-state index in [1.165, 1.54) is 12.1 Å². The highest BCUT2D eigenvalue weighted by molar-refractivity contribution is 9.10. The summed E-state index contributed by atoms with van der Waals surface area (Å²) in [6.45, 7) is 0. The van der Waals surface area contributed by atoms with Crippen LogP contribution in [0.4, 0.5) is 11.4 Å². The second-order valence-corrected chi connectivity index (χ2v) is 6.09. The van der Waals surface area contributed by atoms with Crippen molar-refractivity contribution in [1.29, 1.82) is 0 Å². The molecule has 0 aliphatic rings. The van der Waals surface area contributed by atoms with Gasteiger partial charge < -0.3 is 15.3 Å². The summed E-state index contributed by atoms with van der Waals surface area (Å²) < 4.78 is 0.528. The van der Waals surface area contributed by atoms with Crippen molar-refractivity contribution in [2.45, 2.75) is 0 Å². The van der Waals surface area contributed by atoms with Gasteiger partial charge >= 0.3 is 5.69 Å². The van der Waals surface area contributed by atoms with E-state index in [0.29, 0.717) is 21.2 Å². The van der Waals surface area contributed by atoms with E-state index in [1.54, 1.807) is 12.1 Å². The molecule has 0 aliphatic carbocycles. The quantitative estimate of drug-likeness (QED) is 0.451. The first kappa shape index (κ1) is 16.2. The minimum Gasteiger partial charge on any atom is -0.321 e. The highest BCUT2D eigenvalue weighted by atomic mass is 79.9. The number of aromatic nitrogens is 2. The van der Waals surface area contributed by atoms with E-state index in [0.717, 1.165) is 6.07 Å². The average Bonchev–Trinajstić information content (AvgIpc) is 2.86. The van der Waals surface area contributed by atoms with Crippen LogP contribution in [0.5, 0.6) is 0 Å². The van der Waals surface area contributed by atoms with Gasteiger partial charge in [-0.15, -0.1) is 0 Å². The number of carbonyl (C=O) groups is 1. The Hall–Kier alpha value is -2.65. The number of carbonyl (C=O) groups excluding carboxylic acids is 1. The Balaban J connectivity index is 1.98. The molecule has 0 saturated carbocycles. The van der Waals surface area contributed by atoms with Crippen LogP contribution in [0.1, 0.15) is 10.4 Å². The Morgan fingerprint density at radius 1 is 1.21 bits per heavy atom. The van der Waals surface area contributed by atoms with E-state index in [9.17, 15) is 19.7 Å². The van der Waals surface area contributed by atoms with E-state index < -0.39 is 10.8 Å². The van der Waals surface area contributed by atoms with Gasteiger partial charge in [0, 0.05) is 16.6 Å². The molecule has 10 heteroatoms. The van der Waals surface area contributed by atoms with Gasteiger partial charge in [-0.25, -0.2) is 4.79 Å². The summed E-state index contributed by atoms with van der Waals surface area (Å²) in [5.41, 5.74) is 0.809. The number of halogens is 2. The van der Waals surface area contributed by atoms with Crippen LogP contribution in [0.2, 0.25) is 5.02 Å². The first-order chi connectivity index (χ1) is 11.3. The Morgan fingerprint density at radius 3 is 2.54 bits per heavy atom. The molecule has 0 unspecified atom stereocenters. The molecule has 3 aromatic rings. The predicted molar refractivity (Wildman–Crippen MR) is 92.7 cm³/mol. The first-order valence-electron chi connectivity index (χ1n) is 6.52. The second kappa shape index (κ2) is 6.10. The van der Waals surface area contributed by atoms with Gasteiger partial charge in [0.05, 0.1) is 32.2 Å². The molecule has 0 aliphatic heterocycles. The Bertz CT molecular complexity index is 1040. The maximum atomic E-state index is 12.4. The van der Waals surface area contributed by atoms with Crippen molar-refractivity contribution in [3.63, 3.8) is 0 Å². The lowest BCUT2D eigenvalue weighted by atomic mass is 10.1. The van der Waals surface area contributed by atoms with Crippen molar-refractivity contribution in [3.8, 4) is 0 Å². The number of imidazole rings is 1. The number of benzene rings is 2. The fourth-order valence-electron chi connectivity index (χ4n) is 2.14. The number of hydrogen-bond donors (Lipinski definition) is 3. The molecule has 3 N–H and O–H groups in total. The van der Waals surface area contributed by atoms with E-state index in [2.05, 4.69) is 31.2 Å². The summed E-state index contributed by atoms with van der Waals surface area (Å²) in [5.74, 6) is -0.610. The molecule has 1 aromatic heterocycles. The van der Waals surface area contributed by atoms with Crippen LogP contribution in [0.15, 0.2) is 39.6 Å². The van der Waals surface area contributed by atoms with Crippen molar-refractivity contribution in [1.82, 2.24) is 9.97 Å². The fraction of sp³-hybridized carbons (Fsp3) is 0. The fourth-order valence-corrected chi connectivity index (χ4v) is 2.79. The summed E-state index contributed by atoms with van der Waals surface area (Å²) in [4.78, 5) is 39.1. The molecular weight excluding hydrogens is 404 g/mol. The van der Waals surface area contributed by atoms with Gasteiger partial charge in [-0.2, -0.15) is 0 Å². The average molecular weight is 412 g/mol. The Kier molecular flexibility index (Phi) is 4.12. The summed E-state index contributed by atoms with van der Waals surface area (Å²) in [6.07, 6.45) is 0. The summed E-state index contributed by atoms with van der Waals surface area (Å²) in [6, 6.07) is 6.78. The third kappa shape index (κ3) is 3.03. The summed E-state index contributed by atoms with van der Waals surface area (Å²) in [5, 5.41) is 13.5. The molecule has 8 nitrogen and oxygen atoms in total. The largest absolute Gasteiger partial charge is 0.323 e. The van der Waals surface area contributed by atoms with Gasteiger partial charge in [-0.3, -0.25) is 14.9 Å². The van der Waals surface area contributed by atoms with Gasteiger partial charge in [0.25, 0.3) is 11.6 Å². The van der Waals surface area contributed by atoms with Crippen LogP contribution in [0, 0.1) is 10.1 Å². The van der Waals surface area contributed by atoms with E-state index in [4.69, 9.17) is 11.6 Å². The van der Waals surface area contributed by atoms with Crippen molar-refractivity contribution in [2.24, 2.45) is 0 Å². The van der Waals surface area contributed by atoms with Crippen LogP contribution in [0.3, 0.4) is 0 Å². The topological polar surface area (TPSA) is 121 Å². The molecule has 0 saturated heterocycles. The highest BCUT2D eigenvalue weighted by Gasteiger charge is 2.17. The zero-order valence-corrected chi connectivity index (χ0v) is 14.1. The second-order valence-electron chi connectivity index (χ2n) is 4.83. The number of nitro groups is 1. The van der Waals surface area contributed by atoms with Crippen LogP contribution < -0.4 is 11.0 Å². The maximum absolute atomic E-state index is 12.4. The third-order valence-electron chi connectivity index (χ3n) is 3.26. The van der Waals surface area contributed by atoms with E-state index in [-0.39, 0.29) is 22.0 Å². The lowest BCUT2D eigenvalue weighted by Crippen LogP contribution is -2.13. The zero-order chi connectivity index (χ0) is 17.4. The molecule has 3 rings (SSSR count). The number of anilines is 1. The molecule has 1 amide bonds. The zero-order valence-electron chi connectivity index (χ0n) is 11.7. The first-order valence-corrected chi connectivity index (χ1v) is 7.69. The third-order valence-corrected chi connectivity index (χ3v) is 4.24. The number of nitrogens with zero attached hydrogens (tertiary/aromatic N) is 1. The van der Waals surface area contributed by atoms with E-state index in [1.807, 2.05) is 0 Å². The van der Waals surface area contributed by atoms with Crippen molar-refractivity contribution in [3.05, 3.63) is 66.0 Å². The molecule has 122 valence electrons. The number of nitro benzene ring substituents is 1. The monoisotopic (exact) mass is 410 g/mol. The molecule has 24 heavy (non-hydrogen) atoms. The number of non-ortho nitro benzene ring substituents is 1. The van der Waals surface area contributed by atoms with Gasteiger partial charge in [-0.05, 0) is 34.1 Å². The molecular formula is C14H8BrClN4O4. The lowest BCUT2D eigenvalue weighted by molar-refractivity contribution is -0.384. The van der Waals surface area contributed by atoms with Crippen LogP contribution in [-0.4, -0.2) is 20.8 Å². The Morgan fingerprint density at radius 2 is 1.88 bits per heavy atom. The Labute approximate surface area is 147 Å². The van der Waals surface area contributed by atoms with Gasteiger partial charge in [-0.1, -0.05) is 11.6 Å². The van der Waals surface area contributed by atoms with Crippen LogP contribution in [-0.2, 0) is 0 Å². The minimum absolute atomic E-state index is 0.0274. The van der Waals surface area contributed by atoms with Gasteiger partial charge in [0.15, 0.2) is 0 Å². The molecule has 1 heterocycles. The normalized spacial score (nSPS) is 10.8. The SMILES string of the molecule is O=C(Nc1cc2[nH]c(=O)[nH]c2cc1Br)c1cc([N+](=O)[O-])ccc1Cl. The van der Waals surface area contributed by atoms with Gasteiger partial charge in [0.2, 0.25) is 0 Å². The molecule has 0 radical (unpaired) electrons. The smallest absolute Gasteiger partial charge is 0.321 e. The molecule has 0 fully saturated rings. The van der Waals surface area contributed by atoms with Crippen molar-refractivity contribution < 1.29 is 9.72 Å². The number of rotatable bonds is 3. The maximum Gasteiger partial charge on any atom is 0.323 e. The number of amides is 1. The highest BCUT2D eigenvalue weighted by Crippen LogP contribution is 2.28. The standard InChI is InChI=1S/C14H8BrClN4O4/c15-8-4-11-12(19-14(22)18-11)5-10(8)17-13(21)7-3-6(20(23)24)1-2-9(7)16/h1-5H,(H,17,21)(H2,18,19,22). The molecule has 2 aromatic carbocycles. The van der Waals surface area contributed by atoms with Gasteiger partial charge in [0.1, 0.15) is 0 Å². The number of hydrogen-bond acceptors (Lipinski definition) is 4. The van der Waals surface area contributed by atoms with E-state index >= 15 is 0 Å². The predicted octanol–water partition coefficient (Wildman–Crippen LogP) is 3.43. The van der Waals surface area contributed by atoms with Crippen molar-refractivity contribution in [2.75, 3.05) is 5.32 Å². The number of nitrogens with one attached hydrogen (secondary N) is 3. The number of fused-ring (bicyclic) bond motifs is 1. The molecule has 0 spiro atoms.